The Hall–Kier alpha value is -1.78. The zero-order valence-corrected chi connectivity index (χ0v) is 9.87. The van der Waals surface area contributed by atoms with Crippen LogP contribution in [0.25, 0.3) is 0 Å². The van der Waals surface area contributed by atoms with E-state index in [-0.39, 0.29) is 11.9 Å². The summed E-state index contributed by atoms with van der Waals surface area (Å²) in [6.45, 7) is 4.64. The highest BCUT2D eigenvalue weighted by Gasteiger charge is 2.10. The summed E-state index contributed by atoms with van der Waals surface area (Å²) in [5.74, 6) is 0.762. The van der Waals surface area contributed by atoms with Gasteiger partial charge in [-0.3, -0.25) is 4.79 Å². The number of carbonyl (C=O) groups excluding carboxylic acids is 1. The average Bonchev–Trinajstić information content (AvgIpc) is 2.29. The van der Waals surface area contributed by atoms with Crippen molar-refractivity contribution in [2.45, 2.75) is 19.9 Å². The lowest BCUT2D eigenvalue weighted by Gasteiger charge is -2.14. The molecule has 0 radical (unpaired) electrons. The standard InChI is InChI=1S/C11H18N4O/c1-4-13-10-7-9(5-6-14-10)15-8(2)11(16)12-3/h5-8H,4H2,1-3H3,(H,12,16)(H2,13,14,15). The van der Waals surface area contributed by atoms with E-state index in [2.05, 4.69) is 20.9 Å². The van der Waals surface area contributed by atoms with E-state index < -0.39 is 0 Å². The SMILES string of the molecule is CCNc1cc(NC(C)C(=O)NC)ccn1. The van der Waals surface area contributed by atoms with Crippen molar-refractivity contribution in [3.8, 4) is 0 Å². The number of amides is 1. The van der Waals surface area contributed by atoms with Gasteiger partial charge in [-0.25, -0.2) is 4.98 Å². The molecule has 0 saturated carbocycles. The van der Waals surface area contributed by atoms with E-state index in [1.54, 1.807) is 13.2 Å². The highest BCUT2D eigenvalue weighted by molar-refractivity contribution is 5.83. The first kappa shape index (κ1) is 12.3. The van der Waals surface area contributed by atoms with Crippen molar-refractivity contribution in [2.75, 3.05) is 24.2 Å². The van der Waals surface area contributed by atoms with Gasteiger partial charge >= 0.3 is 0 Å². The monoisotopic (exact) mass is 222 g/mol. The minimum Gasteiger partial charge on any atom is -0.374 e. The lowest BCUT2D eigenvalue weighted by atomic mass is 10.3. The first-order chi connectivity index (χ1) is 7.67. The number of anilines is 2. The van der Waals surface area contributed by atoms with Gasteiger partial charge in [0.1, 0.15) is 11.9 Å². The third-order valence-corrected chi connectivity index (χ3v) is 2.14. The Morgan fingerprint density at radius 2 is 2.31 bits per heavy atom. The summed E-state index contributed by atoms with van der Waals surface area (Å²) >= 11 is 0. The minimum absolute atomic E-state index is 0.0400. The molecule has 1 unspecified atom stereocenters. The number of likely N-dealkylation sites (N-methyl/N-ethyl adjacent to an activating group) is 1. The molecule has 1 rings (SSSR count). The van der Waals surface area contributed by atoms with E-state index in [0.717, 1.165) is 18.1 Å². The van der Waals surface area contributed by atoms with Gasteiger partial charge < -0.3 is 16.0 Å². The van der Waals surface area contributed by atoms with E-state index in [1.807, 2.05) is 26.0 Å². The summed E-state index contributed by atoms with van der Waals surface area (Å²) in [5.41, 5.74) is 0.877. The Labute approximate surface area is 95.7 Å². The molecule has 1 aromatic heterocycles. The molecule has 0 fully saturated rings. The highest BCUT2D eigenvalue weighted by atomic mass is 16.2. The zero-order valence-electron chi connectivity index (χ0n) is 9.87. The van der Waals surface area contributed by atoms with Crippen LogP contribution in [0.1, 0.15) is 13.8 Å². The summed E-state index contributed by atoms with van der Waals surface area (Å²) < 4.78 is 0. The number of nitrogens with zero attached hydrogens (tertiary/aromatic N) is 1. The Bertz CT molecular complexity index is 354. The molecule has 0 aromatic carbocycles. The first-order valence-corrected chi connectivity index (χ1v) is 5.35. The van der Waals surface area contributed by atoms with Crippen LogP contribution in [0.15, 0.2) is 18.3 Å². The normalized spacial score (nSPS) is 11.7. The van der Waals surface area contributed by atoms with E-state index in [1.165, 1.54) is 0 Å². The number of rotatable bonds is 5. The van der Waals surface area contributed by atoms with Gasteiger partial charge in [0.25, 0.3) is 0 Å². The van der Waals surface area contributed by atoms with Crippen LogP contribution in [0, 0.1) is 0 Å². The second kappa shape index (κ2) is 5.95. The summed E-state index contributed by atoms with van der Waals surface area (Å²) in [4.78, 5) is 15.5. The molecule has 16 heavy (non-hydrogen) atoms. The fourth-order valence-electron chi connectivity index (χ4n) is 1.33. The number of hydrogen-bond acceptors (Lipinski definition) is 4. The minimum atomic E-state index is -0.262. The Kier molecular flexibility index (Phi) is 4.57. The summed E-state index contributed by atoms with van der Waals surface area (Å²) in [6, 6.07) is 3.45. The highest BCUT2D eigenvalue weighted by Crippen LogP contribution is 2.12. The van der Waals surface area contributed by atoms with Crippen LogP contribution in [-0.2, 0) is 4.79 Å². The van der Waals surface area contributed by atoms with Gasteiger partial charge in [0.05, 0.1) is 0 Å². The van der Waals surface area contributed by atoms with Crippen LogP contribution in [0.5, 0.6) is 0 Å². The fraction of sp³-hybridized carbons (Fsp3) is 0.455. The van der Waals surface area contributed by atoms with E-state index in [4.69, 9.17) is 0 Å². The quantitative estimate of drug-likeness (QED) is 0.697. The van der Waals surface area contributed by atoms with Crippen molar-refractivity contribution in [1.82, 2.24) is 10.3 Å². The second-order valence-electron chi connectivity index (χ2n) is 3.44. The smallest absolute Gasteiger partial charge is 0.241 e. The number of nitrogens with one attached hydrogen (secondary N) is 3. The molecular formula is C11H18N4O. The zero-order chi connectivity index (χ0) is 12.0. The van der Waals surface area contributed by atoms with Crippen LogP contribution in [-0.4, -0.2) is 30.5 Å². The molecule has 88 valence electrons. The molecule has 0 aliphatic carbocycles. The molecule has 1 aromatic rings. The van der Waals surface area contributed by atoms with E-state index >= 15 is 0 Å². The molecule has 5 nitrogen and oxygen atoms in total. The maximum atomic E-state index is 11.3. The molecule has 0 bridgehead atoms. The topological polar surface area (TPSA) is 66.0 Å². The molecule has 3 N–H and O–H groups in total. The van der Waals surface area contributed by atoms with Crippen molar-refractivity contribution >= 4 is 17.4 Å². The number of carbonyl (C=O) groups is 1. The number of aromatic nitrogens is 1. The molecule has 5 heteroatoms. The second-order valence-corrected chi connectivity index (χ2v) is 3.44. The maximum Gasteiger partial charge on any atom is 0.241 e. The number of pyridine rings is 1. The van der Waals surface area contributed by atoms with E-state index in [9.17, 15) is 4.79 Å². The summed E-state index contributed by atoms with van der Waals surface area (Å²) in [5, 5.41) is 8.80. The third kappa shape index (κ3) is 3.42. The Morgan fingerprint density at radius 1 is 1.56 bits per heavy atom. The summed E-state index contributed by atoms with van der Waals surface area (Å²) in [6.07, 6.45) is 1.71. The van der Waals surface area contributed by atoms with Crippen LogP contribution in [0.2, 0.25) is 0 Å². The molecule has 1 amide bonds. The molecule has 0 spiro atoms. The summed E-state index contributed by atoms with van der Waals surface area (Å²) in [7, 11) is 1.62. The molecule has 0 aliphatic heterocycles. The fourth-order valence-corrected chi connectivity index (χ4v) is 1.33. The molecular weight excluding hydrogens is 204 g/mol. The largest absolute Gasteiger partial charge is 0.374 e. The van der Waals surface area contributed by atoms with Gasteiger partial charge in [-0.05, 0) is 19.9 Å². The lowest BCUT2D eigenvalue weighted by Crippen LogP contribution is -2.35. The van der Waals surface area contributed by atoms with Crippen LogP contribution < -0.4 is 16.0 Å². The van der Waals surface area contributed by atoms with E-state index in [0.29, 0.717) is 0 Å². The van der Waals surface area contributed by atoms with Crippen molar-refractivity contribution < 1.29 is 4.79 Å². The van der Waals surface area contributed by atoms with Crippen LogP contribution in [0.4, 0.5) is 11.5 Å². The first-order valence-electron chi connectivity index (χ1n) is 5.35. The lowest BCUT2D eigenvalue weighted by molar-refractivity contribution is -0.121. The molecule has 1 atom stereocenters. The predicted octanol–water partition coefficient (Wildman–Crippen LogP) is 1.06. The molecule has 0 saturated heterocycles. The van der Waals surface area contributed by atoms with Gasteiger partial charge in [-0.2, -0.15) is 0 Å². The maximum absolute atomic E-state index is 11.3. The van der Waals surface area contributed by atoms with Crippen molar-refractivity contribution in [3.05, 3.63) is 18.3 Å². The number of hydrogen-bond donors (Lipinski definition) is 3. The van der Waals surface area contributed by atoms with Crippen LogP contribution >= 0.6 is 0 Å². The predicted molar refractivity (Wildman–Crippen MR) is 65.6 cm³/mol. The Morgan fingerprint density at radius 3 is 2.94 bits per heavy atom. The molecule has 1 heterocycles. The average molecular weight is 222 g/mol. The van der Waals surface area contributed by atoms with Gasteiger partial charge in [0.15, 0.2) is 0 Å². The van der Waals surface area contributed by atoms with Gasteiger partial charge in [0, 0.05) is 31.5 Å². The Balaban J connectivity index is 2.66. The van der Waals surface area contributed by atoms with Crippen molar-refractivity contribution in [1.29, 1.82) is 0 Å². The van der Waals surface area contributed by atoms with Gasteiger partial charge in [-0.1, -0.05) is 0 Å². The third-order valence-electron chi connectivity index (χ3n) is 2.14. The molecule has 0 aliphatic rings. The van der Waals surface area contributed by atoms with Gasteiger partial charge in [0.2, 0.25) is 5.91 Å². The van der Waals surface area contributed by atoms with Gasteiger partial charge in [-0.15, -0.1) is 0 Å². The van der Waals surface area contributed by atoms with Crippen LogP contribution in [0.3, 0.4) is 0 Å². The van der Waals surface area contributed by atoms with Crippen molar-refractivity contribution in [2.24, 2.45) is 0 Å². The van der Waals surface area contributed by atoms with Crippen molar-refractivity contribution in [3.63, 3.8) is 0 Å².